The van der Waals surface area contributed by atoms with Crippen molar-refractivity contribution in [1.82, 2.24) is 0 Å². The number of carbonyl (C=O) groups excluding carboxylic acids is 1. The number of carbonyl (C=O) groups is 1. The lowest BCUT2D eigenvalue weighted by Crippen LogP contribution is -2.23. The molecule has 2 aromatic carbocycles. The van der Waals surface area contributed by atoms with E-state index in [4.69, 9.17) is 11.6 Å². The van der Waals surface area contributed by atoms with Crippen LogP contribution >= 0.6 is 11.6 Å². The Morgan fingerprint density at radius 1 is 1.04 bits per heavy atom. The van der Waals surface area contributed by atoms with Gasteiger partial charge < -0.3 is 15.5 Å². The number of anilines is 3. The maximum absolute atomic E-state index is 12.1. The zero-order valence-corrected chi connectivity index (χ0v) is 16.1. The third kappa shape index (κ3) is 5.13. The van der Waals surface area contributed by atoms with E-state index in [0.717, 1.165) is 29.9 Å². The van der Waals surface area contributed by atoms with Gasteiger partial charge in [-0.2, -0.15) is 0 Å². The van der Waals surface area contributed by atoms with Crippen molar-refractivity contribution in [2.75, 3.05) is 35.2 Å². The van der Waals surface area contributed by atoms with Crippen LogP contribution in [0.4, 0.5) is 17.1 Å². The first-order valence-corrected chi connectivity index (χ1v) is 8.97. The molecule has 0 spiro atoms. The normalized spacial score (nSPS) is 10.4. The van der Waals surface area contributed by atoms with E-state index in [1.165, 1.54) is 5.69 Å². The molecule has 0 radical (unpaired) electrons. The van der Waals surface area contributed by atoms with Crippen molar-refractivity contribution >= 4 is 34.6 Å². The van der Waals surface area contributed by atoms with E-state index in [9.17, 15) is 4.79 Å². The minimum atomic E-state index is -0.105. The van der Waals surface area contributed by atoms with Crippen LogP contribution in [0.15, 0.2) is 36.4 Å². The maximum Gasteiger partial charge on any atom is 0.243 e. The van der Waals surface area contributed by atoms with Crippen LogP contribution in [-0.2, 0) is 4.79 Å². The molecule has 134 valence electrons. The summed E-state index contributed by atoms with van der Waals surface area (Å²) in [5.74, 6) is -0.105. The van der Waals surface area contributed by atoms with Crippen molar-refractivity contribution in [3.63, 3.8) is 0 Å². The van der Waals surface area contributed by atoms with Gasteiger partial charge in [0.2, 0.25) is 5.91 Å². The van der Waals surface area contributed by atoms with E-state index in [0.29, 0.717) is 10.7 Å². The highest BCUT2D eigenvalue weighted by Crippen LogP contribution is 2.23. The first-order chi connectivity index (χ1) is 11.9. The number of hydrogen-bond donors (Lipinski definition) is 2. The second kappa shape index (κ2) is 8.77. The second-order valence-electron chi connectivity index (χ2n) is 6.04. The Labute approximate surface area is 155 Å². The quantitative estimate of drug-likeness (QED) is 0.742. The Bertz CT molecular complexity index is 742. The standard InChI is InChI=1S/C20H26ClN3O/c1-5-24(6-2)17-9-10-19(15(4)11-17)22-13-20(25)23-16-8-7-14(3)18(21)12-16/h7-12,22H,5-6,13H2,1-4H3,(H,23,25). The first kappa shape index (κ1) is 19.1. The average molecular weight is 360 g/mol. The van der Waals surface area contributed by atoms with Crippen molar-refractivity contribution < 1.29 is 4.79 Å². The Morgan fingerprint density at radius 3 is 2.36 bits per heavy atom. The van der Waals surface area contributed by atoms with E-state index >= 15 is 0 Å². The van der Waals surface area contributed by atoms with Gasteiger partial charge in [-0.25, -0.2) is 0 Å². The van der Waals surface area contributed by atoms with E-state index in [2.05, 4.69) is 41.5 Å². The van der Waals surface area contributed by atoms with Gasteiger partial charge in [0.25, 0.3) is 0 Å². The monoisotopic (exact) mass is 359 g/mol. The van der Waals surface area contributed by atoms with Gasteiger partial charge in [0, 0.05) is 35.2 Å². The lowest BCUT2D eigenvalue weighted by atomic mass is 10.1. The van der Waals surface area contributed by atoms with Gasteiger partial charge in [0.05, 0.1) is 6.54 Å². The number of halogens is 1. The molecule has 0 aromatic heterocycles. The molecule has 0 saturated heterocycles. The summed E-state index contributed by atoms with van der Waals surface area (Å²) in [5.41, 5.74) is 4.98. The second-order valence-corrected chi connectivity index (χ2v) is 6.44. The predicted octanol–water partition coefficient (Wildman–Crippen LogP) is 4.85. The smallest absolute Gasteiger partial charge is 0.243 e. The molecular weight excluding hydrogens is 334 g/mol. The van der Waals surface area contributed by atoms with Crippen molar-refractivity contribution in [3.8, 4) is 0 Å². The topological polar surface area (TPSA) is 44.4 Å². The molecule has 0 fully saturated rings. The van der Waals surface area contributed by atoms with E-state index in [1.54, 1.807) is 6.07 Å². The number of amides is 1. The number of benzene rings is 2. The Morgan fingerprint density at radius 2 is 1.76 bits per heavy atom. The minimum absolute atomic E-state index is 0.105. The summed E-state index contributed by atoms with van der Waals surface area (Å²) >= 11 is 6.08. The van der Waals surface area contributed by atoms with Crippen molar-refractivity contribution in [2.45, 2.75) is 27.7 Å². The fourth-order valence-electron chi connectivity index (χ4n) is 2.68. The number of nitrogens with zero attached hydrogens (tertiary/aromatic N) is 1. The number of hydrogen-bond acceptors (Lipinski definition) is 3. The molecule has 4 nitrogen and oxygen atoms in total. The molecule has 2 N–H and O–H groups in total. The van der Waals surface area contributed by atoms with Gasteiger partial charge in [-0.1, -0.05) is 17.7 Å². The molecule has 0 atom stereocenters. The van der Waals surface area contributed by atoms with E-state index < -0.39 is 0 Å². The van der Waals surface area contributed by atoms with Crippen molar-refractivity contribution in [3.05, 3.63) is 52.5 Å². The van der Waals surface area contributed by atoms with Crippen LogP contribution in [0.2, 0.25) is 5.02 Å². The summed E-state index contributed by atoms with van der Waals surface area (Å²) in [6, 6.07) is 11.8. The summed E-state index contributed by atoms with van der Waals surface area (Å²) < 4.78 is 0. The summed E-state index contributed by atoms with van der Waals surface area (Å²) in [4.78, 5) is 14.4. The van der Waals surface area contributed by atoms with Crippen molar-refractivity contribution in [2.24, 2.45) is 0 Å². The fraction of sp³-hybridized carbons (Fsp3) is 0.350. The molecule has 25 heavy (non-hydrogen) atoms. The highest BCUT2D eigenvalue weighted by molar-refractivity contribution is 6.31. The molecule has 2 rings (SSSR count). The lowest BCUT2D eigenvalue weighted by molar-refractivity contribution is -0.114. The zero-order valence-electron chi connectivity index (χ0n) is 15.3. The summed E-state index contributed by atoms with van der Waals surface area (Å²) in [7, 11) is 0. The largest absolute Gasteiger partial charge is 0.376 e. The Hall–Kier alpha value is -2.20. The summed E-state index contributed by atoms with van der Waals surface area (Å²) in [6.45, 7) is 10.4. The summed E-state index contributed by atoms with van der Waals surface area (Å²) in [6.07, 6.45) is 0. The van der Waals surface area contributed by atoms with Crippen LogP contribution in [0.5, 0.6) is 0 Å². The minimum Gasteiger partial charge on any atom is -0.376 e. The molecule has 0 heterocycles. The Kier molecular flexibility index (Phi) is 6.71. The maximum atomic E-state index is 12.1. The van der Waals surface area contributed by atoms with Gasteiger partial charge >= 0.3 is 0 Å². The van der Waals surface area contributed by atoms with Crippen molar-refractivity contribution in [1.29, 1.82) is 0 Å². The predicted molar refractivity (Wildman–Crippen MR) is 108 cm³/mol. The van der Waals surface area contributed by atoms with Crippen LogP contribution in [0.25, 0.3) is 0 Å². The molecule has 0 bridgehead atoms. The van der Waals surface area contributed by atoms with Gasteiger partial charge in [0.1, 0.15) is 0 Å². The third-order valence-corrected chi connectivity index (χ3v) is 4.64. The number of nitrogens with one attached hydrogen (secondary N) is 2. The zero-order chi connectivity index (χ0) is 18.4. The average Bonchev–Trinajstić information content (AvgIpc) is 2.58. The van der Waals surface area contributed by atoms with Crippen LogP contribution < -0.4 is 15.5 Å². The Balaban J connectivity index is 1.96. The molecule has 0 aliphatic rings. The van der Waals surface area contributed by atoms with Gasteiger partial charge in [-0.05, 0) is 69.2 Å². The van der Waals surface area contributed by atoms with Crippen LogP contribution in [0.1, 0.15) is 25.0 Å². The van der Waals surface area contributed by atoms with Gasteiger partial charge in [-0.3, -0.25) is 4.79 Å². The fourth-order valence-corrected chi connectivity index (χ4v) is 2.86. The lowest BCUT2D eigenvalue weighted by Gasteiger charge is -2.22. The molecule has 5 heteroatoms. The highest BCUT2D eigenvalue weighted by Gasteiger charge is 2.07. The first-order valence-electron chi connectivity index (χ1n) is 8.60. The molecular formula is C20H26ClN3O. The number of aryl methyl sites for hydroxylation is 2. The van der Waals surface area contributed by atoms with Crippen LogP contribution in [0, 0.1) is 13.8 Å². The van der Waals surface area contributed by atoms with Crippen LogP contribution in [0.3, 0.4) is 0 Å². The van der Waals surface area contributed by atoms with Gasteiger partial charge in [0.15, 0.2) is 0 Å². The summed E-state index contributed by atoms with van der Waals surface area (Å²) in [5, 5.41) is 6.70. The molecule has 0 saturated carbocycles. The number of rotatable bonds is 7. The third-order valence-electron chi connectivity index (χ3n) is 4.23. The van der Waals surface area contributed by atoms with E-state index in [-0.39, 0.29) is 12.5 Å². The molecule has 2 aromatic rings. The van der Waals surface area contributed by atoms with E-state index in [1.807, 2.05) is 32.0 Å². The molecule has 1 amide bonds. The van der Waals surface area contributed by atoms with Gasteiger partial charge in [-0.15, -0.1) is 0 Å². The van der Waals surface area contributed by atoms with Crippen LogP contribution in [-0.4, -0.2) is 25.5 Å². The molecule has 0 aliphatic heterocycles. The highest BCUT2D eigenvalue weighted by atomic mass is 35.5. The molecule has 0 unspecified atom stereocenters. The SMILES string of the molecule is CCN(CC)c1ccc(NCC(=O)Nc2ccc(C)c(Cl)c2)c(C)c1. The molecule has 0 aliphatic carbocycles.